The van der Waals surface area contributed by atoms with Gasteiger partial charge in [-0.05, 0) is 6.42 Å². The third-order valence-electron chi connectivity index (χ3n) is 2.81. The minimum absolute atomic E-state index is 0.111. The molecule has 2 aromatic rings. The van der Waals surface area contributed by atoms with Gasteiger partial charge in [-0.15, -0.1) is 0 Å². The summed E-state index contributed by atoms with van der Waals surface area (Å²) in [7, 11) is 0. The molecule has 8 heteroatoms. The summed E-state index contributed by atoms with van der Waals surface area (Å²) in [6, 6.07) is 0. The summed E-state index contributed by atoms with van der Waals surface area (Å²) in [5.41, 5.74) is -0.610. The standard InChI is InChI=1S/C10H14N4O4/c15-3-6(4-16)1-2-14-5-11-7-8(14)12-10(18)13-9(7)17/h5-6,15-16H,1-4H2,(H2,12,13,17,18). The van der Waals surface area contributed by atoms with Crippen molar-refractivity contribution < 1.29 is 10.2 Å². The van der Waals surface area contributed by atoms with Crippen LogP contribution in [-0.2, 0) is 6.54 Å². The minimum Gasteiger partial charge on any atom is -0.396 e. The van der Waals surface area contributed by atoms with Crippen LogP contribution in [0.4, 0.5) is 0 Å². The molecule has 2 rings (SSSR count). The topological polar surface area (TPSA) is 124 Å². The number of rotatable bonds is 5. The molecule has 0 spiro atoms. The molecule has 0 radical (unpaired) electrons. The molecule has 0 aliphatic heterocycles. The van der Waals surface area contributed by atoms with Crippen molar-refractivity contribution in [2.45, 2.75) is 13.0 Å². The summed E-state index contributed by atoms with van der Waals surface area (Å²) < 4.78 is 1.62. The average molecular weight is 254 g/mol. The van der Waals surface area contributed by atoms with Crippen molar-refractivity contribution in [3.63, 3.8) is 0 Å². The number of aliphatic hydroxyl groups excluding tert-OH is 2. The molecule has 2 aromatic heterocycles. The highest BCUT2D eigenvalue weighted by Crippen LogP contribution is 2.08. The van der Waals surface area contributed by atoms with E-state index in [1.165, 1.54) is 6.33 Å². The van der Waals surface area contributed by atoms with E-state index in [0.717, 1.165) is 0 Å². The number of aromatic amines is 2. The molecule has 0 fully saturated rings. The Morgan fingerprint density at radius 1 is 1.28 bits per heavy atom. The summed E-state index contributed by atoms with van der Waals surface area (Å²) in [4.78, 5) is 31.1. The van der Waals surface area contributed by atoms with Gasteiger partial charge in [0.25, 0.3) is 5.56 Å². The van der Waals surface area contributed by atoms with Crippen LogP contribution < -0.4 is 11.2 Å². The number of nitrogens with one attached hydrogen (secondary N) is 2. The third-order valence-corrected chi connectivity index (χ3v) is 2.81. The van der Waals surface area contributed by atoms with E-state index in [-0.39, 0.29) is 24.6 Å². The number of hydrogen-bond donors (Lipinski definition) is 4. The van der Waals surface area contributed by atoms with E-state index < -0.39 is 11.2 Å². The second-order valence-electron chi connectivity index (χ2n) is 4.06. The molecule has 4 N–H and O–H groups in total. The zero-order valence-corrected chi connectivity index (χ0v) is 9.59. The van der Waals surface area contributed by atoms with Crippen LogP contribution in [0.15, 0.2) is 15.9 Å². The molecule has 0 aliphatic rings. The number of aliphatic hydroxyl groups is 2. The molecule has 0 atom stereocenters. The van der Waals surface area contributed by atoms with E-state index in [2.05, 4.69) is 15.0 Å². The average Bonchev–Trinajstić information content (AvgIpc) is 2.74. The van der Waals surface area contributed by atoms with Crippen LogP contribution in [-0.4, -0.2) is 42.9 Å². The lowest BCUT2D eigenvalue weighted by atomic mass is 10.1. The maximum Gasteiger partial charge on any atom is 0.327 e. The van der Waals surface area contributed by atoms with E-state index in [4.69, 9.17) is 10.2 Å². The van der Waals surface area contributed by atoms with E-state index in [1.807, 2.05) is 0 Å². The van der Waals surface area contributed by atoms with Crippen molar-refractivity contribution >= 4 is 11.2 Å². The van der Waals surface area contributed by atoms with Crippen molar-refractivity contribution in [1.29, 1.82) is 0 Å². The van der Waals surface area contributed by atoms with E-state index >= 15 is 0 Å². The number of hydrogen-bond acceptors (Lipinski definition) is 5. The Morgan fingerprint density at radius 2 is 2.00 bits per heavy atom. The smallest absolute Gasteiger partial charge is 0.327 e. The lowest BCUT2D eigenvalue weighted by Gasteiger charge is -2.10. The molecule has 8 nitrogen and oxygen atoms in total. The van der Waals surface area contributed by atoms with Crippen molar-refractivity contribution in [3.05, 3.63) is 27.2 Å². The fourth-order valence-electron chi connectivity index (χ4n) is 1.71. The van der Waals surface area contributed by atoms with Gasteiger partial charge in [-0.25, -0.2) is 9.78 Å². The van der Waals surface area contributed by atoms with Gasteiger partial charge < -0.3 is 14.8 Å². The summed E-state index contributed by atoms with van der Waals surface area (Å²) in [6.45, 7) is 0.224. The Balaban J connectivity index is 2.29. The van der Waals surface area contributed by atoms with Gasteiger partial charge in [-0.3, -0.25) is 14.8 Å². The Bertz CT molecular complexity index is 637. The first kappa shape index (κ1) is 12.5. The molecule has 0 bridgehead atoms. The zero-order chi connectivity index (χ0) is 13.1. The number of fused-ring (bicyclic) bond motifs is 1. The Kier molecular flexibility index (Phi) is 3.58. The van der Waals surface area contributed by atoms with Gasteiger partial charge in [0.2, 0.25) is 0 Å². The molecule has 18 heavy (non-hydrogen) atoms. The lowest BCUT2D eigenvalue weighted by molar-refractivity contribution is 0.140. The minimum atomic E-state index is -0.588. The third kappa shape index (κ3) is 2.34. The fourth-order valence-corrected chi connectivity index (χ4v) is 1.71. The van der Waals surface area contributed by atoms with Gasteiger partial charge in [-0.1, -0.05) is 0 Å². The monoisotopic (exact) mass is 254 g/mol. The van der Waals surface area contributed by atoms with Gasteiger partial charge in [0.05, 0.1) is 6.33 Å². The Morgan fingerprint density at radius 3 is 2.67 bits per heavy atom. The van der Waals surface area contributed by atoms with Crippen LogP contribution in [0.3, 0.4) is 0 Å². The van der Waals surface area contributed by atoms with Crippen LogP contribution >= 0.6 is 0 Å². The molecule has 0 saturated heterocycles. The van der Waals surface area contributed by atoms with Crippen LogP contribution in [0.2, 0.25) is 0 Å². The molecule has 98 valence electrons. The van der Waals surface area contributed by atoms with Crippen LogP contribution in [0, 0.1) is 5.92 Å². The number of aromatic nitrogens is 4. The maximum atomic E-state index is 11.4. The molecule has 2 heterocycles. The van der Waals surface area contributed by atoms with Crippen molar-refractivity contribution in [2.75, 3.05) is 13.2 Å². The largest absolute Gasteiger partial charge is 0.396 e. The van der Waals surface area contributed by atoms with E-state index in [9.17, 15) is 9.59 Å². The normalized spacial score (nSPS) is 11.5. The van der Waals surface area contributed by atoms with Crippen molar-refractivity contribution in [1.82, 2.24) is 19.5 Å². The first-order valence-electron chi connectivity index (χ1n) is 5.55. The lowest BCUT2D eigenvalue weighted by Crippen LogP contribution is -2.23. The number of imidazole rings is 1. The zero-order valence-electron chi connectivity index (χ0n) is 9.59. The van der Waals surface area contributed by atoms with Crippen LogP contribution in [0.25, 0.3) is 11.2 Å². The van der Waals surface area contributed by atoms with Crippen molar-refractivity contribution in [2.24, 2.45) is 5.92 Å². The number of H-pyrrole nitrogens is 2. The molecule has 0 saturated carbocycles. The predicted molar refractivity (Wildman–Crippen MR) is 63.3 cm³/mol. The molecule has 0 amide bonds. The van der Waals surface area contributed by atoms with Crippen molar-refractivity contribution in [3.8, 4) is 0 Å². The predicted octanol–water partition coefficient (Wildman–Crippen LogP) is -1.60. The fraction of sp³-hybridized carbons (Fsp3) is 0.500. The summed E-state index contributed by atoms with van der Waals surface area (Å²) in [6.07, 6.45) is 1.97. The van der Waals surface area contributed by atoms with Gasteiger partial charge in [0.1, 0.15) is 5.65 Å². The van der Waals surface area contributed by atoms with Crippen LogP contribution in [0.5, 0.6) is 0 Å². The first-order chi connectivity index (χ1) is 8.65. The highest BCUT2D eigenvalue weighted by molar-refractivity contribution is 5.68. The van der Waals surface area contributed by atoms with Crippen LogP contribution in [0.1, 0.15) is 6.42 Å². The summed E-state index contributed by atoms with van der Waals surface area (Å²) >= 11 is 0. The Labute approximate surface area is 101 Å². The van der Waals surface area contributed by atoms with Gasteiger partial charge in [0, 0.05) is 25.7 Å². The van der Waals surface area contributed by atoms with E-state index in [0.29, 0.717) is 18.6 Å². The quantitative estimate of drug-likeness (QED) is 0.511. The number of nitrogens with zero attached hydrogens (tertiary/aromatic N) is 2. The molecule has 0 aliphatic carbocycles. The summed E-state index contributed by atoms with van der Waals surface area (Å²) in [5, 5.41) is 17.9. The molecular weight excluding hydrogens is 240 g/mol. The second kappa shape index (κ2) is 5.15. The molecule has 0 unspecified atom stereocenters. The second-order valence-corrected chi connectivity index (χ2v) is 4.06. The van der Waals surface area contributed by atoms with Gasteiger partial charge in [-0.2, -0.15) is 0 Å². The first-order valence-corrected chi connectivity index (χ1v) is 5.55. The Hall–Kier alpha value is -1.93. The van der Waals surface area contributed by atoms with E-state index in [1.54, 1.807) is 4.57 Å². The highest BCUT2D eigenvalue weighted by atomic mass is 16.3. The maximum absolute atomic E-state index is 11.4. The molecule has 0 aromatic carbocycles. The summed E-state index contributed by atoms with van der Waals surface area (Å²) in [5.74, 6) is -0.226. The van der Waals surface area contributed by atoms with Gasteiger partial charge >= 0.3 is 5.69 Å². The number of aryl methyl sites for hydroxylation is 1. The SMILES string of the molecule is O=c1[nH]c(=O)c2ncn(CCC(CO)CO)c2[nH]1. The van der Waals surface area contributed by atoms with Gasteiger partial charge in [0.15, 0.2) is 5.52 Å². The molecular formula is C10H14N4O4. The highest BCUT2D eigenvalue weighted by Gasteiger charge is 2.10.